The molecule has 2 aromatic carbocycles. The van der Waals surface area contributed by atoms with Crippen molar-refractivity contribution in [2.24, 2.45) is 14.1 Å². The number of amides is 2. The molecule has 0 saturated carbocycles. The number of rotatable bonds is 6. The molecule has 0 unspecified atom stereocenters. The maximum Gasteiger partial charge on any atom is 0.388 e. The van der Waals surface area contributed by atoms with Crippen LogP contribution in [-0.2, 0) is 14.1 Å². The summed E-state index contributed by atoms with van der Waals surface area (Å²) in [5.74, 6) is -1.18. The Morgan fingerprint density at radius 1 is 1.16 bits per heavy atom. The Kier molecular flexibility index (Phi) is 7.02. The van der Waals surface area contributed by atoms with Crippen LogP contribution in [0.25, 0.3) is 11.0 Å². The molecule has 3 heterocycles. The lowest BCUT2D eigenvalue weighted by Crippen LogP contribution is -2.51. The normalized spacial score (nSPS) is 17.7. The lowest BCUT2D eigenvalue weighted by atomic mass is 9.85. The summed E-state index contributed by atoms with van der Waals surface area (Å²) in [7, 11) is 3.32. The number of ether oxygens (including phenoxy) is 1. The van der Waals surface area contributed by atoms with Crippen LogP contribution in [0.1, 0.15) is 38.7 Å². The van der Waals surface area contributed by atoms with Crippen molar-refractivity contribution in [2.75, 3.05) is 13.1 Å². The van der Waals surface area contributed by atoms with Gasteiger partial charge in [-0.15, -0.1) is 5.10 Å². The highest BCUT2D eigenvalue weighted by atomic mass is 35.5. The number of aryl methyl sites for hydroxylation is 2. The second-order valence-corrected chi connectivity index (χ2v) is 9.60. The minimum atomic E-state index is -3.04. The number of halogens is 3. The molecule has 198 valence electrons. The minimum absolute atomic E-state index is 0.0880. The van der Waals surface area contributed by atoms with E-state index in [1.165, 1.54) is 17.8 Å². The van der Waals surface area contributed by atoms with Gasteiger partial charge in [-0.05, 0) is 24.1 Å². The zero-order valence-electron chi connectivity index (χ0n) is 20.6. The smallest absolute Gasteiger partial charge is 0.388 e. The van der Waals surface area contributed by atoms with E-state index in [2.05, 4.69) is 20.1 Å². The lowest BCUT2D eigenvalue weighted by Gasteiger charge is -2.39. The van der Waals surface area contributed by atoms with Gasteiger partial charge in [0.25, 0.3) is 11.8 Å². The molecule has 4 aromatic rings. The third-order valence-corrected chi connectivity index (χ3v) is 7.06. The number of benzene rings is 2. The van der Waals surface area contributed by atoms with Crippen LogP contribution in [0, 0.1) is 0 Å². The largest absolute Gasteiger partial charge is 0.415 e. The van der Waals surface area contributed by atoms with Crippen molar-refractivity contribution < 1.29 is 23.1 Å². The van der Waals surface area contributed by atoms with Gasteiger partial charge in [-0.25, -0.2) is 4.98 Å². The summed E-state index contributed by atoms with van der Waals surface area (Å²) >= 11 is 6.41. The van der Waals surface area contributed by atoms with E-state index < -0.39 is 12.5 Å². The molecule has 1 fully saturated rings. The van der Waals surface area contributed by atoms with E-state index in [9.17, 15) is 18.4 Å². The van der Waals surface area contributed by atoms with Gasteiger partial charge in [-0.1, -0.05) is 41.9 Å². The van der Waals surface area contributed by atoms with Crippen molar-refractivity contribution in [3.05, 3.63) is 76.7 Å². The van der Waals surface area contributed by atoms with Crippen LogP contribution >= 0.6 is 11.6 Å². The first-order chi connectivity index (χ1) is 18.2. The number of hydrogen-bond donors (Lipinski definition) is 1. The van der Waals surface area contributed by atoms with Gasteiger partial charge in [-0.2, -0.15) is 8.78 Å². The number of carbonyl (C=O) groups excluding carboxylic acids is 2. The molecule has 2 atom stereocenters. The first-order valence-corrected chi connectivity index (χ1v) is 12.3. The third-order valence-electron chi connectivity index (χ3n) is 6.77. The summed E-state index contributed by atoms with van der Waals surface area (Å²) < 4.78 is 32.5. The van der Waals surface area contributed by atoms with Crippen LogP contribution in [0.3, 0.4) is 0 Å². The lowest BCUT2D eigenvalue weighted by molar-refractivity contribution is -0.0531. The number of carbonyl (C=O) groups is 2. The summed E-state index contributed by atoms with van der Waals surface area (Å²) in [4.78, 5) is 32.7. The fourth-order valence-corrected chi connectivity index (χ4v) is 5.15. The zero-order valence-corrected chi connectivity index (χ0v) is 21.4. The molecular formula is C26H25ClF2N6O3. The second kappa shape index (κ2) is 10.4. The molecule has 0 bridgehead atoms. The predicted molar refractivity (Wildman–Crippen MR) is 137 cm³/mol. The predicted octanol–water partition coefficient (Wildman–Crippen LogP) is 3.99. The monoisotopic (exact) mass is 542 g/mol. The number of alkyl halides is 2. The molecule has 1 N–H and O–H groups in total. The topological polar surface area (TPSA) is 94.3 Å². The molecule has 2 aromatic heterocycles. The SMILES string of the molecule is Cn1nc(OC(F)F)cc1C(=O)N[C@@H]1CCN(C(=O)c2cc(Cl)c3ncn(C)c3c2)C[C@@H]1c1ccccc1. The average Bonchev–Trinajstić information content (AvgIpc) is 3.46. The summed E-state index contributed by atoms with van der Waals surface area (Å²) in [6, 6.07) is 13.9. The number of likely N-dealkylation sites (tertiary alicyclic amines) is 1. The minimum Gasteiger partial charge on any atom is -0.415 e. The van der Waals surface area contributed by atoms with Gasteiger partial charge >= 0.3 is 6.61 Å². The third kappa shape index (κ3) is 5.06. The van der Waals surface area contributed by atoms with Crippen molar-refractivity contribution in [1.29, 1.82) is 0 Å². The van der Waals surface area contributed by atoms with E-state index in [-0.39, 0.29) is 29.4 Å². The summed E-state index contributed by atoms with van der Waals surface area (Å²) in [6.45, 7) is -2.28. The highest BCUT2D eigenvalue weighted by Crippen LogP contribution is 2.30. The molecule has 38 heavy (non-hydrogen) atoms. The van der Waals surface area contributed by atoms with Gasteiger partial charge in [0.15, 0.2) is 0 Å². The molecular weight excluding hydrogens is 518 g/mol. The van der Waals surface area contributed by atoms with Crippen LogP contribution in [0.5, 0.6) is 5.88 Å². The van der Waals surface area contributed by atoms with Crippen LogP contribution in [0.4, 0.5) is 8.78 Å². The molecule has 0 radical (unpaired) electrons. The van der Waals surface area contributed by atoms with E-state index >= 15 is 0 Å². The van der Waals surface area contributed by atoms with E-state index in [0.29, 0.717) is 35.6 Å². The van der Waals surface area contributed by atoms with Crippen LogP contribution < -0.4 is 10.1 Å². The average molecular weight is 543 g/mol. The first kappa shape index (κ1) is 25.7. The van der Waals surface area contributed by atoms with Gasteiger partial charge in [0.1, 0.15) is 11.2 Å². The van der Waals surface area contributed by atoms with E-state index in [0.717, 1.165) is 11.1 Å². The number of nitrogens with one attached hydrogen (secondary N) is 1. The van der Waals surface area contributed by atoms with Gasteiger partial charge in [0.05, 0.1) is 16.9 Å². The summed E-state index contributed by atoms with van der Waals surface area (Å²) in [5, 5.41) is 7.24. The highest BCUT2D eigenvalue weighted by Gasteiger charge is 2.35. The van der Waals surface area contributed by atoms with Gasteiger partial charge in [0, 0.05) is 50.8 Å². The Hall–Kier alpha value is -3.99. The molecule has 12 heteroatoms. The standard InChI is InChI=1S/C26H25ClF2N6O3/c1-33-14-30-23-18(27)10-16(11-20(23)33)25(37)35-9-8-19(17(13-35)15-6-4-3-5-7-15)31-24(36)21-12-22(32-34(21)2)38-26(28)29/h3-7,10-12,14,17,19,26H,8-9,13H2,1-2H3,(H,31,36)/t17-,19-/m1/s1. The Balaban J connectivity index is 1.38. The molecule has 2 amide bonds. The number of fused-ring (bicyclic) bond motifs is 1. The summed E-state index contributed by atoms with van der Waals surface area (Å²) in [6.07, 6.45) is 2.13. The second-order valence-electron chi connectivity index (χ2n) is 9.19. The molecule has 1 aliphatic heterocycles. The quantitative estimate of drug-likeness (QED) is 0.398. The molecule has 9 nitrogen and oxygen atoms in total. The highest BCUT2D eigenvalue weighted by molar-refractivity contribution is 6.35. The van der Waals surface area contributed by atoms with Crippen LogP contribution in [0.2, 0.25) is 5.02 Å². The number of piperidine rings is 1. The van der Waals surface area contributed by atoms with Crippen molar-refractivity contribution >= 4 is 34.4 Å². The summed E-state index contributed by atoms with van der Waals surface area (Å²) in [5.41, 5.74) is 2.90. The van der Waals surface area contributed by atoms with Crippen molar-refractivity contribution in [1.82, 2.24) is 29.5 Å². The first-order valence-electron chi connectivity index (χ1n) is 12.0. The Morgan fingerprint density at radius 2 is 1.92 bits per heavy atom. The maximum absolute atomic E-state index is 13.6. The fraction of sp³-hybridized carbons (Fsp3) is 0.308. The van der Waals surface area contributed by atoms with E-state index in [1.54, 1.807) is 23.4 Å². The van der Waals surface area contributed by atoms with Crippen molar-refractivity contribution in [2.45, 2.75) is 25.0 Å². The number of aromatic nitrogens is 4. The maximum atomic E-state index is 13.6. The molecule has 1 aliphatic rings. The number of imidazole rings is 1. The number of hydrogen-bond acceptors (Lipinski definition) is 5. The van der Waals surface area contributed by atoms with Gasteiger partial charge in [0.2, 0.25) is 5.88 Å². The Morgan fingerprint density at radius 3 is 2.66 bits per heavy atom. The van der Waals surface area contributed by atoms with E-state index in [1.807, 2.05) is 41.9 Å². The van der Waals surface area contributed by atoms with E-state index in [4.69, 9.17) is 11.6 Å². The molecule has 0 aliphatic carbocycles. The molecule has 5 rings (SSSR count). The zero-order chi connectivity index (χ0) is 27.0. The van der Waals surface area contributed by atoms with Crippen LogP contribution in [0.15, 0.2) is 54.9 Å². The Bertz CT molecular complexity index is 1490. The fourth-order valence-electron chi connectivity index (χ4n) is 4.89. The van der Waals surface area contributed by atoms with Gasteiger partial charge < -0.3 is 19.5 Å². The van der Waals surface area contributed by atoms with Gasteiger partial charge in [-0.3, -0.25) is 14.3 Å². The number of nitrogens with zero attached hydrogens (tertiary/aromatic N) is 5. The van der Waals surface area contributed by atoms with Crippen molar-refractivity contribution in [3.8, 4) is 5.88 Å². The molecule has 1 saturated heterocycles. The van der Waals surface area contributed by atoms with Crippen LogP contribution in [-0.4, -0.2) is 61.8 Å². The molecule has 0 spiro atoms. The van der Waals surface area contributed by atoms with Crippen molar-refractivity contribution in [3.63, 3.8) is 0 Å². The Labute approximate surface area is 221 Å².